The molecule has 2 aromatic rings. The number of benzene rings is 1. The third-order valence-corrected chi connectivity index (χ3v) is 3.28. The van der Waals surface area contributed by atoms with E-state index in [-0.39, 0.29) is 0 Å². The molecule has 1 heterocycles. The number of carboxylic acids is 1. The molecule has 5 heteroatoms. The van der Waals surface area contributed by atoms with Crippen LogP contribution in [0.2, 0.25) is 0 Å². The lowest BCUT2D eigenvalue weighted by Gasteiger charge is -2.16. The number of hydrogen-bond acceptors (Lipinski definition) is 3. The van der Waals surface area contributed by atoms with Gasteiger partial charge in [-0.05, 0) is 25.0 Å². The van der Waals surface area contributed by atoms with E-state index in [1.54, 1.807) is 6.07 Å². The Labute approximate surface area is 112 Å². The van der Waals surface area contributed by atoms with Crippen molar-refractivity contribution in [3.8, 4) is 0 Å². The second-order valence-corrected chi connectivity index (χ2v) is 4.63. The molecule has 1 aromatic heterocycles. The van der Waals surface area contributed by atoms with Crippen molar-refractivity contribution >= 4 is 22.7 Å². The van der Waals surface area contributed by atoms with E-state index in [1.165, 1.54) is 0 Å². The maximum absolute atomic E-state index is 11.4. The van der Waals surface area contributed by atoms with E-state index in [4.69, 9.17) is 5.73 Å². The number of nitrogens with zero attached hydrogens (tertiary/aromatic N) is 2. The standard InChI is InChI=1S/C14H19N3O2/c1-3-6-12-16-13-9(15)7-5-8-11(13)17(12)10(4-2)14(18)19/h5,7-8,10H,3-4,6,15H2,1-2H3,(H,18,19). The van der Waals surface area contributed by atoms with Crippen LogP contribution in [0, 0.1) is 0 Å². The summed E-state index contributed by atoms with van der Waals surface area (Å²) in [6.45, 7) is 3.92. The topological polar surface area (TPSA) is 81.1 Å². The molecule has 0 saturated heterocycles. The highest BCUT2D eigenvalue weighted by Crippen LogP contribution is 2.27. The van der Waals surface area contributed by atoms with Crippen molar-refractivity contribution in [1.29, 1.82) is 0 Å². The summed E-state index contributed by atoms with van der Waals surface area (Å²) in [5, 5.41) is 9.39. The smallest absolute Gasteiger partial charge is 0.326 e. The summed E-state index contributed by atoms with van der Waals surface area (Å²) in [4.78, 5) is 16.0. The predicted octanol–water partition coefficient (Wildman–Crippen LogP) is 2.61. The molecule has 1 atom stereocenters. The number of aryl methyl sites for hydroxylation is 1. The molecule has 2 rings (SSSR count). The van der Waals surface area contributed by atoms with Gasteiger partial charge in [0.25, 0.3) is 0 Å². The Morgan fingerprint density at radius 3 is 2.79 bits per heavy atom. The predicted molar refractivity (Wildman–Crippen MR) is 75.1 cm³/mol. The number of para-hydroxylation sites is 1. The summed E-state index contributed by atoms with van der Waals surface area (Å²) >= 11 is 0. The van der Waals surface area contributed by atoms with Crippen LogP contribution < -0.4 is 5.73 Å². The van der Waals surface area contributed by atoms with Crippen LogP contribution >= 0.6 is 0 Å². The lowest BCUT2D eigenvalue weighted by atomic mass is 10.2. The van der Waals surface area contributed by atoms with Gasteiger partial charge in [-0.25, -0.2) is 9.78 Å². The Hall–Kier alpha value is -2.04. The number of carboxylic acid groups (broad SMARTS) is 1. The van der Waals surface area contributed by atoms with Crippen LogP contribution in [0.3, 0.4) is 0 Å². The van der Waals surface area contributed by atoms with Gasteiger partial charge in [0.15, 0.2) is 0 Å². The van der Waals surface area contributed by atoms with Crippen molar-refractivity contribution in [2.24, 2.45) is 0 Å². The van der Waals surface area contributed by atoms with E-state index >= 15 is 0 Å². The van der Waals surface area contributed by atoms with Crippen LogP contribution in [0.25, 0.3) is 11.0 Å². The maximum atomic E-state index is 11.4. The molecule has 0 spiro atoms. The van der Waals surface area contributed by atoms with Crippen LogP contribution in [-0.4, -0.2) is 20.6 Å². The summed E-state index contributed by atoms with van der Waals surface area (Å²) in [7, 11) is 0. The normalized spacial score (nSPS) is 12.7. The average molecular weight is 261 g/mol. The minimum atomic E-state index is -0.832. The van der Waals surface area contributed by atoms with E-state index in [1.807, 2.05) is 23.6 Å². The van der Waals surface area contributed by atoms with Crippen molar-refractivity contribution in [3.05, 3.63) is 24.0 Å². The van der Waals surface area contributed by atoms with E-state index in [9.17, 15) is 9.90 Å². The lowest BCUT2D eigenvalue weighted by Crippen LogP contribution is -2.20. The fraction of sp³-hybridized carbons (Fsp3) is 0.429. The van der Waals surface area contributed by atoms with Gasteiger partial charge < -0.3 is 15.4 Å². The van der Waals surface area contributed by atoms with Gasteiger partial charge in [-0.3, -0.25) is 0 Å². The molecule has 0 aliphatic rings. The highest BCUT2D eigenvalue weighted by atomic mass is 16.4. The molecular weight excluding hydrogens is 242 g/mol. The first kappa shape index (κ1) is 13.4. The Kier molecular flexibility index (Phi) is 3.74. The van der Waals surface area contributed by atoms with Gasteiger partial charge in [-0.1, -0.05) is 19.9 Å². The number of rotatable bonds is 5. The van der Waals surface area contributed by atoms with Crippen molar-refractivity contribution in [2.45, 2.75) is 39.2 Å². The molecule has 0 radical (unpaired) electrons. The molecule has 0 bridgehead atoms. The van der Waals surface area contributed by atoms with E-state index in [0.29, 0.717) is 17.6 Å². The van der Waals surface area contributed by atoms with E-state index in [0.717, 1.165) is 24.2 Å². The SMILES string of the molecule is CCCc1nc2c(N)cccc2n1C(CC)C(=O)O. The number of nitrogen functional groups attached to an aromatic ring is 1. The van der Waals surface area contributed by atoms with Gasteiger partial charge in [-0.2, -0.15) is 0 Å². The van der Waals surface area contributed by atoms with E-state index in [2.05, 4.69) is 11.9 Å². The van der Waals surface area contributed by atoms with Crippen LogP contribution in [0.5, 0.6) is 0 Å². The Morgan fingerprint density at radius 2 is 2.21 bits per heavy atom. The molecule has 0 aliphatic heterocycles. The average Bonchev–Trinajstić information content (AvgIpc) is 2.71. The van der Waals surface area contributed by atoms with Crippen molar-refractivity contribution in [2.75, 3.05) is 5.73 Å². The van der Waals surface area contributed by atoms with Gasteiger partial charge >= 0.3 is 5.97 Å². The van der Waals surface area contributed by atoms with Crippen molar-refractivity contribution in [3.63, 3.8) is 0 Å². The largest absolute Gasteiger partial charge is 0.480 e. The Bertz CT molecular complexity index is 604. The van der Waals surface area contributed by atoms with Crippen LogP contribution in [0.4, 0.5) is 5.69 Å². The molecule has 102 valence electrons. The number of hydrogen-bond donors (Lipinski definition) is 2. The molecule has 0 fully saturated rings. The zero-order valence-electron chi connectivity index (χ0n) is 11.3. The highest BCUT2D eigenvalue weighted by Gasteiger charge is 2.23. The third-order valence-electron chi connectivity index (χ3n) is 3.28. The monoisotopic (exact) mass is 261 g/mol. The van der Waals surface area contributed by atoms with Crippen LogP contribution in [-0.2, 0) is 11.2 Å². The summed E-state index contributed by atoms with van der Waals surface area (Å²) in [6, 6.07) is 4.91. The summed E-state index contributed by atoms with van der Waals surface area (Å²) < 4.78 is 1.82. The molecule has 3 N–H and O–H groups in total. The van der Waals surface area contributed by atoms with Crippen molar-refractivity contribution in [1.82, 2.24) is 9.55 Å². The number of anilines is 1. The first-order valence-corrected chi connectivity index (χ1v) is 6.58. The van der Waals surface area contributed by atoms with Crippen molar-refractivity contribution < 1.29 is 9.90 Å². The van der Waals surface area contributed by atoms with Gasteiger partial charge in [0.05, 0.1) is 11.2 Å². The first-order valence-electron chi connectivity index (χ1n) is 6.58. The number of carbonyl (C=O) groups is 1. The molecular formula is C14H19N3O2. The summed E-state index contributed by atoms with van der Waals surface area (Å²) in [5.74, 6) is -0.0359. The number of aromatic nitrogens is 2. The Morgan fingerprint density at radius 1 is 1.47 bits per heavy atom. The summed E-state index contributed by atoms with van der Waals surface area (Å²) in [6.07, 6.45) is 2.18. The number of fused-ring (bicyclic) bond motifs is 1. The Balaban J connectivity index is 2.71. The molecule has 19 heavy (non-hydrogen) atoms. The fourth-order valence-corrected chi connectivity index (χ4v) is 2.40. The molecule has 0 amide bonds. The molecule has 1 aromatic carbocycles. The minimum Gasteiger partial charge on any atom is -0.480 e. The number of nitrogens with two attached hydrogens (primary N) is 1. The molecule has 0 saturated carbocycles. The van der Waals surface area contributed by atoms with Gasteiger partial charge in [-0.15, -0.1) is 0 Å². The fourth-order valence-electron chi connectivity index (χ4n) is 2.40. The molecule has 0 aliphatic carbocycles. The van der Waals surface area contributed by atoms with Gasteiger partial charge in [0, 0.05) is 6.42 Å². The maximum Gasteiger partial charge on any atom is 0.326 e. The van der Waals surface area contributed by atoms with E-state index < -0.39 is 12.0 Å². The minimum absolute atomic E-state index is 0.520. The zero-order chi connectivity index (χ0) is 14.0. The van der Waals surface area contributed by atoms with Gasteiger partial charge in [0.1, 0.15) is 17.4 Å². The second-order valence-electron chi connectivity index (χ2n) is 4.63. The lowest BCUT2D eigenvalue weighted by molar-refractivity contribution is -0.140. The summed E-state index contributed by atoms with van der Waals surface area (Å²) in [5.41, 5.74) is 8.02. The highest BCUT2D eigenvalue weighted by molar-refractivity contribution is 5.89. The number of imidazole rings is 1. The quantitative estimate of drug-likeness (QED) is 0.811. The van der Waals surface area contributed by atoms with Crippen LogP contribution in [0.1, 0.15) is 38.6 Å². The van der Waals surface area contributed by atoms with Gasteiger partial charge in [0.2, 0.25) is 0 Å². The third kappa shape index (κ3) is 2.28. The van der Waals surface area contributed by atoms with Crippen LogP contribution in [0.15, 0.2) is 18.2 Å². The number of aliphatic carboxylic acids is 1. The first-order chi connectivity index (χ1) is 9.10. The molecule has 5 nitrogen and oxygen atoms in total. The molecule has 1 unspecified atom stereocenters. The zero-order valence-corrected chi connectivity index (χ0v) is 11.3. The second kappa shape index (κ2) is 5.30.